The number of hydrazone groups is 1. The number of benzene rings is 4. The summed E-state index contributed by atoms with van der Waals surface area (Å²) in [5.41, 5.74) is 4.35. The lowest BCUT2D eigenvalue weighted by Crippen LogP contribution is -2.20. The van der Waals surface area contributed by atoms with Gasteiger partial charge in [-0.2, -0.15) is 5.10 Å². The van der Waals surface area contributed by atoms with Crippen molar-refractivity contribution in [2.24, 2.45) is 5.10 Å². The maximum Gasteiger partial charge on any atom is 0.343 e. The van der Waals surface area contributed by atoms with Crippen LogP contribution in [-0.4, -0.2) is 18.1 Å². The predicted molar refractivity (Wildman–Crippen MR) is 134 cm³/mol. The largest absolute Gasteiger partial charge is 0.422 e. The maximum atomic E-state index is 12.5. The molecule has 0 aliphatic carbocycles. The molecule has 0 saturated heterocycles. The van der Waals surface area contributed by atoms with Crippen LogP contribution in [0.3, 0.4) is 0 Å². The van der Waals surface area contributed by atoms with Gasteiger partial charge in [-0.25, -0.2) is 10.2 Å². The van der Waals surface area contributed by atoms with E-state index in [1.807, 2.05) is 42.5 Å². The fraction of sp³-hybridized carbons (Fsp3) is 0.0385. The number of hydrogen-bond donors (Lipinski definition) is 1. The van der Waals surface area contributed by atoms with Gasteiger partial charge in [0.25, 0.3) is 0 Å². The summed E-state index contributed by atoms with van der Waals surface area (Å²) in [6.45, 7) is 0. The molecule has 4 rings (SSSR count). The molecular weight excluding hydrogens is 504 g/mol. The number of carbonyl (C=O) groups is 2. The minimum atomic E-state index is -0.524. The Kier molecular flexibility index (Phi) is 7.17. The van der Waals surface area contributed by atoms with E-state index in [4.69, 9.17) is 16.3 Å². The lowest BCUT2D eigenvalue weighted by molar-refractivity contribution is -0.120. The Morgan fingerprint density at radius 1 is 0.970 bits per heavy atom. The van der Waals surface area contributed by atoms with Crippen LogP contribution < -0.4 is 10.2 Å². The highest BCUT2D eigenvalue weighted by Crippen LogP contribution is 2.23. The van der Waals surface area contributed by atoms with Gasteiger partial charge in [0.1, 0.15) is 5.75 Å². The van der Waals surface area contributed by atoms with Crippen molar-refractivity contribution >= 4 is 56.4 Å². The quantitative estimate of drug-likeness (QED) is 0.143. The molecule has 33 heavy (non-hydrogen) atoms. The minimum absolute atomic E-state index is 0.190. The highest BCUT2D eigenvalue weighted by molar-refractivity contribution is 9.10. The molecule has 0 fully saturated rings. The van der Waals surface area contributed by atoms with E-state index in [0.29, 0.717) is 21.9 Å². The van der Waals surface area contributed by atoms with Crippen LogP contribution in [-0.2, 0) is 11.2 Å². The van der Waals surface area contributed by atoms with E-state index in [1.54, 1.807) is 42.5 Å². The fourth-order valence-corrected chi connectivity index (χ4v) is 3.80. The van der Waals surface area contributed by atoms with Crippen molar-refractivity contribution in [3.05, 3.63) is 111 Å². The highest BCUT2D eigenvalue weighted by Gasteiger charge is 2.12. The molecule has 164 valence electrons. The Hall–Kier alpha value is -3.48. The van der Waals surface area contributed by atoms with Crippen molar-refractivity contribution in [3.63, 3.8) is 0 Å². The first-order valence-electron chi connectivity index (χ1n) is 10.1. The summed E-state index contributed by atoms with van der Waals surface area (Å²) in [6, 6.07) is 25.3. The Morgan fingerprint density at radius 2 is 1.73 bits per heavy atom. The molecule has 0 bridgehead atoms. The first-order valence-corrected chi connectivity index (χ1v) is 11.2. The smallest absolute Gasteiger partial charge is 0.343 e. The lowest BCUT2D eigenvalue weighted by atomic mass is 10.0. The number of nitrogens with zero attached hydrogens (tertiary/aromatic N) is 1. The maximum absolute atomic E-state index is 12.5. The molecule has 0 aliphatic heterocycles. The van der Waals surface area contributed by atoms with Gasteiger partial charge in [-0.05, 0) is 58.8 Å². The van der Waals surface area contributed by atoms with Crippen LogP contribution in [0.15, 0.2) is 94.5 Å². The molecule has 0 unspecified atom stereocenters. The summed E-state index contributed by atoms with van der Waals surface area (Å²) >= 11 is 9.27. The molecule has 7 heteroatoms. The number of esters is 1. The van der Waals surface area contributed by atoms with Gasteiger partial charge < -0.3 is 4.74 Å². The average Bonchev–Trinajstić information content (AvgIpc) is 2.81. The van der Waals surface area contributed by atoms with Gasteiger partial charge >= 0.3 is 5.97 Å². The third kappa shape index (κ3) is 5.86. The molecule has 1 amide bonds. The van der Waals surface area contributed by atoms with Gasteiger partial charge in [0.2, 0.25) is 5.91 Å². The molecule has 0 atom stereocenters. The number of halogens is 2. The molecular formula is C26H18BrClN2O3. The highest BCUT2D eigenvalue weighted by atomic mass is 79.9. The van der Waals surface area contributed by atoms with E-state index >= 15 is 0 Å². The van der Waals surface area contributed by atoms with Crippen LogP contribution in [0, 0.1) is 0 Å². The zero-order valence-electron chi connectivity index (χ0n) is 17.3. The van der Waals surface area contributed by atoms with Gasteiger partial charge in [0.15, 0.2) is 0 Å². The van der Waals surface area contributed by atoms with Crippen molar-refractivity contribution < 1.29 is 14.3 Å². The zero-order valence-corrected chi connectivity index (χ0v) is 19.6. The Balaban J connectivity index is 1.45. The SMILES string of the molecule is O=C(Cc1cccc2ccccc12)N/N=C\c1cc(Br)ccc1OC(=O)c1ccc(Cl)cc1. The van der Waals surface area contributed by atoms with Gasteiger partial charge in [-0.15, -0.1) is 0 Å². The molecule has 0 aliphatic rings. The van der Waals surface area contributed by atoms with Crippen LogP contribution >= 0.6 is 27.5 Å². The van der Waals surface area contributed by atoms with E-state index < -0.39 is 5.97 Å². The van der Waals surface area contributed by atoms with E-state index in [2.05, 4.69) is 26.5 Å². The predicted octanol–water partition coefficient (Wildman–Crippen LogP) is 6.17. The van der Waals surface area contributed by atoms with Crippen LogP contribution in [0.25, 0.3) is 10.8 Å². The van der Waals surface area contributed by atoms with Crippen molar-refractivity contribution in [1.29, 1.82) is 0 Å². The average molecular weight is 522 g/mol. The van der Waals surface area contributed by atoms with Gasteiger partial charge in [-0.1, -0.05) is 70.0 Å². The summed E-state index contributed by atoms with van der Waals surface area (Å²) in [6.07, 6.45) is 1.63. The van der Waals surface area contributed by atoms with E-state index in [9.17, 15) is 9.59 Å². The van der Waals surface area contributed by atoms with E-state index in [0.717, 1.165) is 20.8 Å². The number of ether oxygens (including phenoxy) is 1. The number of rotatable bonds is 6. The second kappa shape index (κ2) is 10.4. The molecule has 0 saturated carbocycles. The number of fused-ring (bicyclic) bond motifs is 1. The van der Waals surface area contributed by atoms with Gasteiger partial charge in [0, 0.05) is 15.1 Å². The second-order valence-electron chi connectivity index (χ2n) is 7.19. The second-order valence-corrected chi connectivity index (χ2v) is 8.54. The van der Waals surface area contributed by atoms with Crippen molar-refractivity contribution in [2.75, 3.05) is 0 Å². The molecule has 0 radical (unpaired) electrons. The third-order valence-corrected chi connectivity index (χ3v) is 5.62. The Labute approximate surface area is 204 Å². The Morgan fingerprint density at radius 3 is 2.55 bits per heavy atom. The molecule has 0 spiro atoms. The van der Waals surface area contributed by atoms with Crippen LogP contribution in [0.2, 0.25) is 5.02 Å². The summed E-state index contributed by atoms with van der Waals surface area (Å²) in [5.74, 6) is -0.467. The zero-order chi connectivity index (χ0) is 23.2. The van der Waals surface area contributed by atoms with Gasteiger partial charge in [0.05, 0.1) is 18.2 Å². The van der Waals surface area contributed by atoms with Crippen molar-refractivity contribution in [3.8, 4) is 5.75 Å². The van der Waals surface area contributed by atoms with Crippen LogP contribution in [0.4, 0.5) is 0 Å². The number of amides is 1. The standard InChI is InChI=1S/C26H18BrClN2O3/c27-21-10-13-24(33-26(32)18-8-11-22(28)12-9-18)20(14-21)16-29-30-25(31)15-19-6-3-5-17-4-1-2-7-23(17)19/h1-14,16H,15H2,(H,30,31)/b29-16-. The summed E-state index contributed by atoms with van der Waals surface area (Å²) in [4.78, 5) is 24.9. The first-order chi connectivity index (χ1) is 16.0. The third-order valence-electron chi connectivity index (χ3n) is 4.88. The summed E-state index contributed by atoms with van der Waals surface area (Å²) in [7, 11) is 0. The monoisotopic (exact) mass is 520 g/mol. The van der Waals surface area contributed by atoms with E-state index in [1.165, 1.54) is 6.21 Å². The molecule has 4 aromatic carbocycles. The summed E-state index contributed by atoms with van der Waals surface area (Å²) in [5, 5.41) is 6.69. The normalized spacial score (nSPS) is 11.0. The van der Waals surface area contributed by atoms with Crippen molar-refractivity contribution in [2.45, 2.75) is 6.42 Å². The molecule has 0 aromatic heterocycles. The van der Waals surface area contributed by atoms with E-state index in [-0.39, 0.29) is 12.3 Å². The first kappa shape index (κ1) is 22.7. The lowest BCUT2D eigenvalue weighted by Gasteiger charge is -2.08. The number of nitrogens with one attached hydrogen (secondary N) is 1. The van der Waals surface area contributed by atoms with Crippen LogP contribution in [0.1, 0.15) is 21.5 Å². The number of hydrogen-bond acceptors (Lipinski definition) is 4. The molecule has 0 heterocycles. The molecule has 4 aromatic rings. The van der Waals surface area contributed by atoms with Gasteiger partial charge in [-0.3, -0.25) is 4.79 Å². The molecule has 5 nitrogen and oxygen atoms in total. The minimum Gasteiger partial charge on any atom is -0.422 e. The van der Waals surface area contributed by atoms with Crippen molar-refractivity contribution in [1.82, 2.24) is 5.43 Å². The fourth-order valence-electron chi connectivity index (χ4n) is 3.29. The number of carbonyl (C=O) groups excluding carboxylic acids is 2. The Bertz CT molecular complexity index is 1350. The molecule has 1 N–H and O–H groups in total. The topological polar surface area (TPSA) is 67.8 Å². The summed E-state index contributed by atoms with van der Waals surface area (Å²) < 4.78 is 6.30. The van der Waals surface area contributed by atoms with Crippen LogP contribution in [0.5, 0.6) is 5.75 Å².